The zero-order valence-electron chi connectivity index (χ0n) is 25.5. The van der Waals surface area contributed by atoms with Gasteiger partial charge < -0.3 is 29.2 Å². The quantitative estimate of drug-likeness (QED) is 0.177. The SMILES string of the molecule is C=CC(=O)Nc1cc(-c2cc3c(cn2)cc(-c2c(Cl)c(OC)cc(OC)c2Cl)c2nccn23)c(OC)cc1N1CC2CCC(C1)O2. The Morgan fingerprint density at radius 2 is 1.65 bits per heavy atom. The summed E-state index contributed by atoms with van der Waals surface area (Å²) in [5, 5.41) is 4.50. The van der Waals surface area contributed by atoms with Crippen molar-refractivity contribution < 1.29 is 23.7 Å². The molecule has 12 heteroatoms. The second-order valence-electron chi connectivity index (χ2n) is 11.2. The van der Waals surface area contributed by atoms with E-state index in [1.54, 1.807) is 25.6 Å². The van der Waals surface area contributed by atoms with Crippen LogP contribution in [0.15, 0.2) is 61.6 Å². The van der Waals surface area contributed by atoms with Crippen LogP contribution in [0.2, 0.25) is 10.0 Å². The molecule has 2 aliphatic heterocycles. The highest BCUT2D eigenvalue weighted by atomic mass is 35.5. The maximum atomic E-state index is 12.6. The molecule has 2 saturated heterocycles. The van der Waals surface area contributed by atoms with Crippen molar-refractivity contribution in [3.8, 4) is 39.6 Å². The van der Waals surface area contributed by atoms with Crippen molar-refractivity contribution >= 4 is 57.0 Å². The van der Waals surface area contributed by atoms with Gasteiger partial charge in [0.05, 0.1) is 66.2 Å². The number of carbonyl (C=O) groups excluding carboxylic acids is 1. The summed E-state index contributed by atoms with van der Waals surface area (Å²) in [6.45, 7) is 5.11. The lowest BCUT2D eigenvalue weighted by Gasteiger charge is -2.35. The minimum atomic E-state index is -0.306. The molecule has 1 amide bonds. The highest BCUT2D eigenvalue weighted by Crippen LogP contribution is 2.48. The first kappa shape index (κ1) is 30.2. The second-order valence-corrected chi connectivity index (χ2v) is 12.0. The summed E-state index contributed by atoms with van der Waals surface area (Å²) in [4.78, 5) is 24.3. The minimum absolute atomic E-state index is 0.167. The largest absolute Gasteiger partial charge is 0.496 e. The van der Waals surface area contributed by atoms with Gasteiger partial charge in [-0.2, -0.15) is 0 Å². The van der Waals surface area contributed by atoms with E-state index in [0.717, 1.165) is 42.5 Å². The van der Waals surface area contributed by atoms with Gasteiger partial charge in [-0.15, -0.1) is 0 Å². The fourth-order valence-corrected chi connectivity index (χ4v) is 7.15. The van der Waals surface area contributed by atoms with Gasteiger partial charge >= 0.3 is 0 Å². The zero-order valence-corrected chi connectivity index (χ0v) is 27.0. The van der Waals surface area contributed by atoms with Crippen LogP contribution in [0.4, 0.5) is 11.4 Å². The molecule has 2 aliphatic rings. The Morgan fingerprint density at radius 1 is 0.957 bits per heavy atom. The Bertz CT molecular complexity index is 1990. The first-order valence-corrected chi connectivity index (χ1v) is 15.5. The highest BCUT2D eigenvalue weighted by Gasteiger charge is 2.35. The maximum absolute atomic E-state index is 12.6. The number of pyridine rings is 2. The number of anilines is 2. The van der Waals surface area contributed by atoms with Gasteiger partial charge in [-0.3, -0.25) is 14.2 Å². The molecule has 3 aromatic heterocycles. The predicted molar refractivity (Wildman–Crippen MR) is 180 cm³/mol. The Balaban J connectivity index is 1.38. The zero-order chi connectivity index (χ0) is 32.1. The fraction of sp³-hybridized carbons (Fsp3) is 0.265. The number of ether oxygens (including phenoxy) is 4. The van der Waals surface area contributed by atoms with Crippen molar-refractivity contribution in [1.29, 1.82) is 0 Å². The third-order valence-corrected chi connectivity index (χ3v) is 9.37. The van der Waals surface area contributed by atoms with Crippen LogP contribution in [0, 0.1) is 0 Å². The van der Waals surface area contributed by atoms with Crippen LogP contribution in [-0.2, 0) is 9.53 Å². The molecule has 5 aromatic rings. The molecule has 7 rings (SSSR count). The second kappa shape index (κ2) is 12.0. The van der Waals surface area contributed by atoms with Crippen molar-refractivity contribution in [2.75, 3.05) is 44.6 Å². The molecule has 2 unspecified atom stereocenters. The van der Waals surface area contributed by atoms with E-state index in [9.17, 15) is 4.79 Å². The lowest BCUT2D eigenvalue weighted by Crippen LogP contribution is -2.43. The number of hydrogen-bond acceptors (Lipinski definition) is 8. The van der Waals surface area contributed by atoms with Crippen LogP contribution < -0.4 is 24.4 Å². The number of halogens is 2. The van der Waals surface area contributed by atoms with E-state index in [1.165, 1.54) is 20.3 Å². The van der Waals surface area contributed by atoms with E-state index in [0.29, 0.717) is 61.0 Å². The molecular formula is C34H31Cl2N5O5. The number of morpholine rings is 1. The van der Waals surface area contributed by atoms with Crippen LogP contribution >= 0.6 is 23.2 Å². The van der Waals surface area contributed by atoms with Gasteiger partial charge in [-0.1, -0.05) is 29.8 Å². The summed E-state index contributed by atoms with van der Waals surface area (Å²) >= 11 is 13.6. The number of aromatic nitrogens is 3. The number of carbonyl (C=O) groups is 1. The van der Waals surface area contributed by atoms with Crippen molar-refractivity contribution in [2.24, 2.45) is 0 Å². The predicted octanol–water partition coefficient (Wildman–Crippen LogP) is 7.04. The Kier molecular flexibility index (Phi) is 7.88. The van der Waals surface area contributed by atoms with E-state index >= 15 is 0 Å². The first-order chi connectivity index (χ1) is 22.3. The smallest absolute Gasteiger partial charge is 0.247 e. The third kappa shape index (κ3) is 5.06. The van der Waals surface area contributed by atoms with Crippen LogP contribution in [0.1, 0.15) is 12.8 Å². The number of nitrogens with one attached hydrogen (secondary N) is 1. The molecule has 0 radical (unpaired) electrons. The Labute approximate surface area is 275 Å². The van der Waals surface area contributed by atoms with Gasteiger partial charge in [0.25, 0.3) is 0 Å². The molecule has 10 nitrogen and oxygen atoms in total. The number of amides is 1. The van der Waals surface area contributed by atoms with E-state index in [4.69, 9.17) is 47.1 Å². The molecule has 0 spiro atoms. The van der Waals surface area contributed by atoms with Crippen molar-refractivity contribution in [2.45, 2.75) is 25.0 Å². The molecular weight excluding hydrogens is 629 g/mol. The number of fused-ring (bicyclic) bond motifs is 5. The van der Waals surface area contributed by atoms with E-state index in [-0.39, 0.29) is 18.1 Å². The van der Waals surface area contributed by atoms with Crippen molar-refractivity contribution in [3.63, 3.8) is 0 Å². The summed E-state index contributed by atoms with van der Waals surface area (Å²) in [5.41, 5.74) is 5.57. The van der Waals surface area contributed by atoms with E-state index in [1.807, 2.05) is 34.9 Å². The average Bonchev–Trinajstić information content (AvgIpc) is 3.70. The number of hydrogen-bond donors (Lipinski definition) is 1. The first-order valence-electron chi connectivity index (χ1n) is 14.8. The molecule has 2 bridgehead atoms. The molecule has 2 aromatic carbocycles. The molecule has 0 aliphatic carbocycles. The molecule has 46 heavy (non-hydrogen) atoms. The number of imidazole rings is 1. The summed E-state index contributed by atoms with van der Waals surface area (Å²) in [7, 11) is 4.70. The average molecular weight is 661 g/mol. The number of nitrogens with zero attached hydrogens (tertiary/aromatic N) is 4. The summed E-state index contributed by atoms with van der Waals surface area (Å²) in [5.74, 6) is 1.17. The Morgan fingerprint density at radius 3 is 2.30 bits per heavy atom. The topological polar surface area (TPSA) is 99.5 Å². The molecule has 5 heterocycles. The van der Waals surface area contributed by atoms with Crippen LogP contribution in [0.5, 0.6) is 17.2 Å². The number of rotatable bonds is 8. The van der Waals surface area contributed by atoms with Gasteiger partial charge in [0.1, 0.15) is 22.9 Å². The summed E-state index contributed by atoms with van der Waals surface area (Å²) in [6, 6.07) is 9.43. The Hall–Kier alpha value is -4.51. The molecule has 2 atom stereocenters. The van der Waals surface area contributed by atoms with Gasteiger partial charge in [0, 0.05) is 65.9 Å². The van der Waals surface area contributed by atoms with Gasteiger partial charge in [0.15, 0.2) is 0 Å². The fourth-order valence-electron chi connectivity index (χ4n) is 6.44. The van der Waals surface area contributed by atoms with Crippen molar-refractivity contribution in [3.05, 3.63) is 71.6 Å². The van der Waals surface area contributed by atoms with Crippen molar-refractivity contribution in [1.82, 2.24) is 14.4 Å². The number of benzene rings is 2. The number of methoxy groups -OCH3 is 3. The molecule has 2 fully saturated rings. The third-order valence-electron chi connectivity index (χ3n) is 8.62. The summed E-state index contributed by atoms with van der Waals surface area (Å²) < 4.78 is 25.0. The lowest BCUT2D eigenvalue weighted by atomic mass is 10.0. The molecule has 0 saturated carbocycles. The van der Waals surface area contributed by atoms with Crippen LogP contribution in [0.25, 0.3) is 38.9 Å². The van der Waals surface area contributed by atoms with Crippen LogP contribution in [0.3, 0.4) is 0 Å². The van der Waals surface area contributed by atoms with E-state index in [2.05, 4.69) is 21.8 Å². The highest BCUT2D eigenvalue weighted by molar-refractivity contribution is 6.41. The minimum Gasteiger partial charge on any atom is -0.496 e. The normalized spacial score (nSPS) is 17.4. The van der Waals surface area contributed by atoms with Gasteiger partial charge in [0.2, 0.25) is 5.91 Å². The maximum Gasteiger partial charge on any atom is 0.247 e. The lowest BCUT2D eigenvalue weighted by molar-refractivity contribution is -0.111. The van der Waals surface area contributed by atoms with Crippen LogP contribution in [-0.4, -0.2) is 66.9 Å². The monoisotopic (exact) mass is 659 g/mol. The molecule has 1 N–H and O–H groups in total. The molecule has 236 valence electrons. The van der Waals surface area contributed by atoms with Gasteiger partial charge in [-0.05, 0) is 37.1 Å². The standard InChI is InChI=1S/C34H31Cl2N5O5/c1-5-30(42)39-24-11-21(27(43-2)13-26(24)40-16-19-6-7-20(17-40)46-19)23-12-25-18(15-38-23)10-22(34-37-8-9-41(25)34)31-32(35)28(44-3)14-29(45-4)33(31)36/h5,8-15,19-20H,1,6-7,16-17H2,2-4H3,(H,39,42). The van der Waals surface area contributed by atoms with E-state index < -0.39 is 0 Å². The van der Waals surface area contributed by atoms with Gasteiger partial charge in [-0.25, -0.2) is 4.98 Å². The summed E-state index contributed by atoms with van der Waals surface area (Å²) in [6.07, 6.45) is 9.01.